The van der Waals surface area contributed by atoms with E-state index in [1.807, 2.05) is 36.4 Å². The van der Waals surface area contributed by atoms with Crippen LogP contribution in [0.25, 0.3) is 10.2 Å². The van der Waals surface area contributed by atoms with Crippen molar-refractivity contribution in [3.05, 3.63) is 58.2 Å². The summed E-state index contributed by atoms with van der Waals surface area (Å²) in [6.07, 6.45) is 0.430. The highest BCUT2D eigenvalue weighted by molar-refractivity contribution is 8.01. The number of hydrogen-bond acceptors (Lipinski definition) is 9. The molecule has 0 saturated carbocycles. The molecule has 2 aromatic carbocycles. The van der Waals surface area contributed by atoms with Gasteiger partial charge in [0.15, 0.2) is 4.34 Å². The molecule has 0 radical (unpaired) electrons. The van der Waals surface area contributed by atoms with E-state index in [1.165, 1.54) is 34.4 Å². The molecular formula is C22H21N5O4S3. The van der Waals surface area contributed by atoms with Gasteiger partial charge in [-0.1, -0.05) is 58.7 Å². The Morgan fingerprint density at radius 2 is 1.76 bits per heavy atom. The first-order valence-electron chi connectivity index (χ1n) is 10.3. The lowest BCUT2D eigenvalue weighted by Crippen LogP contribution is -2.19. The van der Waals surface area contributed by atoms with Gasteiger partial charge < -0.3 is 15.4 Å². The summed E-state index contributed by atoms with van der Waals surface area (Å²) in [5.74, 6) is 0.736. The van der Waals surface area contributed by atoms with Crippen molar-refractivity contribution in [3.8, 4) is 5.75 Å². The first kappa shape index (κ1) is 23.9. The number of anilines is 2. The zero-order chi connectivity index (χ0) is 23.9. The van der Waals surface area contributed by atoms with Crippen LogP contribution in [0.5, 0.6) is 5.75 Å². The second-order valence-electron chi connectivity index (χ2n) is 7.01. The van der Waals surface area contributed by atoms with Gasteiger partial charge >= 0.3 is 4.87 Å². The summed E-state index contributed by atoms with van der Waals surface area (Å²) in [5, 5.41) is 14.0. The van der Waals surface area contributed by atoms with Gasteiger partial charge in [0.1, 0.15) is 5.75 Å². The van der Waals surface area contributed by atoms with Crippen molar-refractivity contribution in [1.82, 2.24) is 14.8 Å². The minimum absolute atomic E-state index is 0.0849. The average Bonchev–Trinajstić information content (AvgIpc) is 3.40. The molecule has 12 heteroatoms. The Morgan fingerprint density at radius 1 is 1.00 bits per heavy atom. The number of hydrogen-bond donors (Lipinski definition) is 2. The number of amides is 2. The molecule has 2 heterocycles. The lowest BCUT2D eigenvalue weighted by Gasteiger charge is -2.09. The lowest BCUT2D eigenvalue weighted by atomic mass is 10.3. The third kappa shape index (κ3) is 6.01. The quantitative estimate of drug-likeness (QED) is 0.242. The number of aromatic nitrogens is 3. The maximum Gasteiger partial charge on any atom is 0.308 e. The van der Waals surface area contributed by atoms with E-state index in [2.05, 4.69) is 20.8 Å². The molecule has 2 amide bonds. The number of nitrogens with zero attached hydrogens (tertiary/aromatic N) is 3. The largest absolute Gasteiger partial charge is 0.495 e. The van der Waals surface area contributed by atoms with Crippen LogP contribution >= 0.6 is 34.4 Å². The van der Waals surface area contributed by atoms with Crippen LogP contribution in [0, 0.1) is 0 Å². The van der Waals surface area contributed by atoms with Crippen LogP contribution in [-0.4, -0.2) is 39.4 Å². The van der Waals surface area contributed by atoms with Gasteiger partial charge in [0, 0.05) is 25.1 Å². The Balaban J connectivity index is 1.22. The molecule has 0 bridgehead atoms. The van der Waals surface area contributed by atoms with Crippen molar-refractivity contribution in [2.75, 3.05) is 23.5 Å². The number of methoxy groups -OCH3 is 1. The Morgan fingerprint density at radius 3 is 2.62 bits per heavy atom. The fraction of sp³-hybridized carbons (Fsp3) is 0.227. The van der Waals surface area contributed by atoms with Gasteiger partial charge in [-0.05, 0) is 24.3 Å². The monoisotopic (exact) mass is 515 g/mol. The van der Waals surface area contributed by atoms with E-state index in [1.54, 1.807) is 23.8 Å². The molecule has 0 spiro atoms. The van der Waals surface area contributed by atoms with Crippen LogP contribution in [0.3, 0.4) is 0 Å². The number of carbonyl (C=O) groups is 2. The van der Waals surface area contributed by atoms with E-state index < -0.39 is 0 Å². The smallest absolute Gasteiger partial charge is 0.308 e. The van der Waals surface area contributed by atoms with Crippen molar-refractivity contribution in [2.45, 2.75) is 23.7 Å². The fourth-order valence-electron chi connectivity index (χ4n) is 3.13. The van der Waals surface area contributed by atoms with E-state index in [-0.39, 0.29) is 36.1 Å². The van der Waals surface area contributed by atoms with Gasteiger partial charge in [0.05, 0.1) is 23.0 Å². The number of aryl methyl sites for hydroxylation is 1. The second kappa shape index (κ2) is 11.3. The third-order valence-corrected chi connectivity index (χ3v) is 7.66. The molecule has 0 unspecified atom stereocenters. The van der Waals surface area contributed by atoms with Crippen molar-refractivity contribution < 1.29 is 14.3 Å². The first-order chi connectivity index (χ1) is 16.5. The van der Waals surface area contributed by atoms with E-state index in [4.69, 9.17) is 4.74 Å². The zero-order valence-corrected chi connectivity index (χ0v) is 20.6. The van der Waals surface area contributed by atoms with E-state index in [0.717, 1.165) is 10.2 Å². The third-order valence-electron chi connectivity index (χ3n) is 4.72. The molecule has 2 aromatic heterocycles. The predicted molar refractivity (Wildman–Crippen MR) is 136 cm³/mol. The van der Waals surface area contributed by atoms with Crippen LogP contribution in [0.2, 0.25) is 0 Å². The molecule has 0 aliphatic rings. The van der Waals surface area contributed by atoms with Gasteiger partial charge in [-0.15, -0.1) is 10.2 Å². The first-order valence-corrected chi connectivity index (χ1v) is 12.9. The Bertz CT molecular complexity index is 1360. The highest BCUT2D eigenvalue weighted by Gasteiger charge is 2.13. The molecule has 34 heavy (non-hydrogen) atoms. The van der Waals surface area contributed by atoms with Crippen molar-refractivity contribution >= 4 is 67.3 Å². The van der Waals surface area contributed by atoms with Crippen molar-refractivity contribution in [2.24, 2.45) is 0 Å². The standard InChI is InChI=1S/C22H21N5O4S3/c1-31-16-8-4-2-6-14(16)23-19(29)11-13-32-21-26-25-20(34-21)24-18(28)10-12-27-15-7-3-5-9-17(15)33-22(27)30/h2-9H,10-13H2,1H3,(H,23,29)(H,24,25,28). The van der Waals surface area contributed by atoms with E-state index in [0.29, 0.717) is 26.7 Å². The van der Waals surface area contributed by atoms with Gasteiger partial charge in [0.2, 0.25) is 16.9 Å². The van der Waals surface area contributed by atoms with Gasteiger partial charge in [-0.2, -0.15) is 0 Å². The van der Waals surface area contributed by atoms with Gasteiger partial charge in [-0.25, -0.2) is 0 Å². The number of thiazole rings is 1. The molecule has 4 aromatic rings. The molecule has 0 aliphatic carbocycles. The zero-order valence-electron chi connectivity index (χ0n) is 18.1. The molecule has 9 nitrogen and oxygen atoms in total. The Hall–Kier alpha value is -3.22. The molecule has 0 aliphatic heterocycles. The predicted octanol–water partition coefficient (Wildman–Crippen LogP) is 4.07. The van der Waals surface area contributed by atoms with Gasteiger partial charge in [-0.3, -0.25) is 19.0 Å². The molecule has 4 rings (SSSR count). The number of thioether (sulfide) groups is 1. The molecule has 2 N–H and O–H groups in total. The molecule has 0 fully saturated rings. The van der Waals surface area contributed by atoms with Crippen LogP contribution < -0.4 is 20.2 Å². The molecule has 0 saturated heterocycles. The van der Waals surface area contributed by atoms with Crippen LogP contribution in [0.4, 0.5) is 10.8 Å². The maximum absolute atomic E-state index is 12.3. The Labute approximate surface area is 207 Å². The topological polar surface area (TPSA) is 115 Å². The highest BCUT2D eigenvalue weighted by atomic mass is 32.2. The van der Waals surface area contributed by atoms with Crippen LogP contribution in [-0.2, 0) is 16.1 Å². The SMILES string of the molecule is COc1ccccc1NC(=O)CCSc1nnc(NC(=O)CCn2c(=O)sc3ccccc32)s1. The normalized spacial score (nSPS) is 10.9. The van der Waals surface area contributed by atoms with E-state index in [9.17, 15) is 14.4 Å². The number of carbonyl (C=O) groups excluding carboxylic acids is 2. The maximum atomic E-state index is 12.3. The molecule has 176 valence electrons. The summed E-state index contributed by atoms with van der Waals surface area (Å²) in [7, 11) is 1.55. The highest BCUT2D eigenvalue weighted by Crippen LogP contribution is 2.27. The number of benzene rings is 2. The summed E-state index contributed by atoms with van der Waals surface area (Å²) in [5.41, 5.74) is 1.45. The van der Waals surface area contributed by atoms with Crippen molar-refractivity contribution in [1.29, 1.82) is 0 Å². The summed E-state index contributed by atoms with van der Waals surface area (Å²) >= 11 is 3.80. The van der Waals surface area contributed by atoms with Crippen molar-refractivity contribution in [3.63, 3.8) is 0 Å². The van der Waals surface area contributed by atoms with E-state index >= 15 is 0 Å². The number of rotatable bonds is 10. The molecule has 0 atom stereocenters. The molecular weight excluding hydrogens is 494 g/mol. The van der Waals surface area contributed by atoms with Gasteiger partial charge in [0.25, 0.3) is 0 Å². The summed E-state index contributed by atoms with van der Waals surface area (Å²) < 4.78 is 8.39. The summed E-state index contributed by atoms with van der Waals surface area (Å²) in [6.45, 7) is 0.288. The Kier molecular flexibility index (Phi) is 7.93. The summed E-state index contributed by atoms with van der Waals surface area (Å²) in [4.78, 5) is 36.6. The minimum Gasteiger partial charge on any atom is -0.495 e. The lowest BCUT2D eigenvalue weighted by molar-refractivity contribution is -0.117. The fourth-order valence-corrected chi connectivity index (χ4v) is 5.83. The number of para-hydroxylation sites is 3. The number of ether oxygens (including phenoxy) is 1. The van der Waals surface area contributed by atoms with Crippen LogP contribution in [0.15, 0.2) is 57.7 Å². The minimum atomic E-state index is -0.244. The average molecular weight is 516 g/mol. The summed E-state index contributed by atoms with van der Waals surface area (Å²) in [6, 6.07) is 14.7. The second-order valence-corrected chi connectivity index (χ2v) is 10.3. The van der Waals surface area contributed by atoms with Crippen LogP contribution in [0.1, 0.15) is 12.8 Å². The number of fused-ring (bicyclic) bond motifs is 1. The number of nitrogens with one attached hydrogen (secondary N) is 2.